The fourth-order valence-electron chi connectivity index (χ4n) is 3.70. The van der Waals surface area contributed by atoms with E-state index in [9.17, 15) is 14.4 Å². The molecule has 4 rings (SSSR count). The van der Waals surface area contributed by atoms with Crippen LogP contribution in [0.3, 0.4) is 0 Å². The Morgan fingerprint density at radius 3 is 2.45 bits per heavy atom. The van der Waals surface area contributed by atoms with Crippen molar-refractivity contribution in [1.82, 2.24) is 9.71 Å². The predicted molar refractivity (Wildman–Crippen MR) is 124 cm³/mol. The third-order valence-corrected chi connectivity index (χ3v) is 5.46. The van der Waals surface area contributed by atoms with Gasteiger partial charge in [0.05, 0.1) is 30.3 Å². The maximum Gasteiger partial charge on any atom is 0.191 e. The molecule has 0 spiro atoms. The van der Waals surface area contributed by atoms with Crippen LogP contribution in [0.2, 0.25) is 0 Å². The highest BCUT2D eigenvalue weighted by atomic mass is 19.1. The lowest BCUT2D eigenvalue weighted by molar-refractivity contribution is 0.184. The van der Waals surface area contributed by atoms with Crippen molar-refractivity contribution in [3.63, 3.8) is 0 Å². The second kappa shape index (κ2) is 8.24. The average molecular weight is 448 g/mol. The first-order valence-electron chi connectivity index (χ1n) is 10.5. The van der Waals surface area contributed by atoms with Crippen molar-refractivity contribution in [3.8, 4) is 39.8 Å². The Morgan fingerprint density at radius 2 is 1.76 bits per heavy atom. The molecule has 0 bridgehead atoms. The van der Waals surface area contributed by atoms with Crippen molar-refractivity contribution < 1.29 is 19.1 Å². The third-order valence-electron chi connectivity index (χ3n) is 5.46. The first-order valence-corrected chi connectivity index (χ1v) is 10.5. The number of ether oxygens (including phenoxy) is 2. The van der Waals surface area contributed by atoms with Crippen LogP contribution >= 0.6 is 0 Å². The summed E-state index contributed by atoms with van der Waals surface area (Å²) in [6, 6.07) is 11.0. The molecule has 0 unspecified atom stereocenters. The molecule has 33 heavy (non-hydrogen) atoms. The molecule has 0 saturated carbocycles. The number of nitrogens with zero attached hydrogens (tertiary/aromatic N) is 2. The summed E-state index contributed by atoms with van der Waals surface area (Å²) in [5.74, 6) is 0.634. The van der Waals surface area contributed by atoms with Crippen LogP contribution in [0.4, 0.5) is 4.39 Å². The van der Waals surface area contributed by atoms with Crippen molar-refractivity contribution in [2.75, 3.05) is 7.11 Å². The molecular formula is C26H25FN2O4. The number of hydrogen-bond donors (Lipinski definition) is 1. The first-order chi connectivity index (χ1) is 15.6. The van der Waals surface area contributed by atoms with Gasteiger partial charge < -0.3 is 14.7 Å². The Balaban J connectivity index is 1.96. The normalized spacial score (nSPS) is 11.6. The molecule has 0 saturated heterocycles. The zero-order valence-corrected chi connectivity index (χ0v) is 19.1. The Kier molecular flexibility index (Phi) is 5.57. The third kappa shape index (κ3) is 4.39. The lowest BCUT2D eigenvalue weighted by atomic mass is 9.84. The summed E-state index contributed by atoms with van der Waals surface area (Å²) in [7, 11) is 1.45. The number of benzene rings is 2. The van der Waals surface area contributed by atoms with Gasteiger partial charge in [-0.3, -0.25) is 4.79 Å². The van der Waals surface area contributed by atoms with E-state index in [0.29, 0.717) is 34.0 Å². The second-order valence-electron chi connectivity index (χ2n) is 8.94. The van der Waals surface area contributed by atoms with Gasteiger partial charge in [0.2, 0.25) is 0 Å². The van der Waals surface area contributed by atoms with Gasteiger partial charge in [0.1, 0.15) is 11.6 Å². The quantitative estimate of drug-likeness (QED) is 0.400. The fourth-order valence-corrected chi connectivity index (χ4v) is 3.70. The molecule has 170 valence electrons. The Hall–Kier alpha value is -3.87. The molecule has 0 atom stereocenters. The molecule has 7 heteroatoms. The van der Waals surface area contributed by atoms with E-state index < -0.39 is 5.82 Å². The number of aromatic nitrogens is 2. The lowest BCUT2D eigenvalue weighted by Gasteiger charge is -2.23. The minimum absolute atomic E-state index is 0.163. The van der Waals surface area contributed by atoms with E-state index in [2.05, 4.69) is 25.8 Å². The summed E-state index contributed by atoms with van der Waals surface area (Å²) in [4.78, 5) is 17.5. The highest BCUT2D eigenvalue weighted by molar-refractivity contribution is 5.76. The van der Waals surface area contributed by atoms with Gasteiger partial charge in [-0.15, -0.1) is 0 Å². The SMILES string of the molecule is COc1cc(F)ccc1Oc1cc(C(C)(C)C)cc(C)c1-c1cc(=O)c2cn(O)ccc-2n1. The van der Waals surface area contributed by atoms with Gasteiger partial charge >= 0.3 is 0 Å². The van der Waals surface area contributed by atoms with Gasteiger partial charge in [0.15, 0.2) is 16.9 Å². The van der Waals surface area contributed by atoms with E-state index >= 15 is 0 Å². The minimum Gasteiger partial charge on any atom is -0.493 e. The lowest BCUT2D eigenvalue weighted by Crippen LogP contribution is -2.13. The van der Waals surface area contributed by atoms with Gasteiger partial charge in [0, 0.05) is 23.9 Å². The van der Waals surface area contributed by atoms with E-state index in [1.54, 1.807) is 6.07 Å². The van der Waals surface area contributed by atoms with Gasteiger partial charge in [-0.25, -0.2) is 14.1 Å². The highest BCUT2D eigenvalue weighted by Crippen LogP contribution is 2.41. The van der Waals surface area contributed by atoms with E-state index in [1.807, 2.05) is 19.1 Å². The van der Waals surface area contributed by atoms with Crippen LogP contribution in [-0.4, -0.2) is 22.0 Å². The maximum atomic E-state index is 13.7. The highest BCUT2D eigenvalue weighted by Gasteiger charge is 2.23. The van der Waals surface area contributed by atoms with Gasteiger partial charge in [-0.2, -0.15) is 0 Å². The number of aryl methyl sites for hydroxylation is 1. The molecule has 0 fully saturated rings. The van der Waals surface area contributed by atoms with Crippen molar-refractivity contribution in [1.29, 1.82) is 0 Å². The van der Waals surface area contributed by atoms with Crippen LogP contribution in [-0.2, 0) is 5.41 Å². The zero-order chi connectivity index (χ0) is 23.9. The molecular weight excluding hydrogens is 423 g/mol. The summed E-state index contributed by atoms with van der Waals surface area (Å²) < 4.78 is 26.1. The van der Waals surface area contributed by atoms with Crippen molar-refractivity contribution in [2.24, 2.45) is 0 Å². The molecule has 0 aliphatic carbocycles. The summed E-state index contributed by atoms with van der Waals surface area (Å²) >= 11 is 0. The van der Waals surface area contributed by atoms with E-state index in [4.69, 9.17) is 9.47 Å². The molecule has 2 aromatic carbocycles. The number of fused-ring (bicyclic) bond motifs is 1. The van der Waals surface area contributed by atoms with E-state index in [1.165, 1.54) is 43.8 Å². The number of methoxy groups -OCH3 is 1. The Bertz CT molecular complexity index is 1370. The molecule has 2 heterocycles. The van der Waals surface area contributed by atoms with Crippen molar-refractivity contribution in [2.45, 2.75) is 33.1 Å². The standard InChI is InChI=1S/C26H25FN2O4/c1-15-10-16(26(2,3)4)11-24(33-22-7-6-17(27)12-23(22)32-5)25(15)20-13-21(30)18-14-29(31)9-8-19(18)28-20/h6-14,31H,1-5H3. The van der Waals surface area contributed by atoms with Crippen LogP contribution in [0, 0.1) is 12.7 Å². The second-order valence-corrected chi connectivity index (χ2v) is 8.94. The molecule has 1 N–H and O–H groups in total. The van der Waals surface area contributed by atoms with Crippen LogP contribution in [0.5, 0.6) is 17.2 Å². The minimum atomic E-state index is -0.438. The van der Waals surface area contributed by atoms with E-state index in [-0.39, 0.29) is 16.6 Å². The van der Waals surface area contributed by atoms with E-state index in [0.717, 1.165) is 15.9 Å². The Labute approximate surface area is 191 Å². The topological polar surface area (TPSA) is 73.6 Å². The molecule has 0 amide bonds. The molecule has 2 aliphatic heterocycles. The molecule has 0 radical (unpaired) electrons. The largest absolute Gasteiger partial charge is 0.493 e. The van der Waals surface area contributed by atoms with Crippen LogP contribution in [0.1, 0.15) is 31.9 Å². The van der Waals surface area contributed by atoms with Gasteiger partial charge in [0.25, 0.3) is 0 Å². The number of hydrogen-bond acceptors (Lipinski definition) is 5. The van der Waals surface area contributed by atoms with Gasteiger partial charge in [-0.1, -0.05) is 26.8 Å². The summed E-state index contributed by atoms with van der Waals surface area (Å²) in [6.45, 7) is 8.22. The van der Waals surface area contributed by atoms with Crippen molar-refractivity contribution in [3.05, 3.63) is 82.0 Å². The summed E-state index contributed by atoms with van der Waals surface area (Å²) in [6.07, 6.45) is 2.74. The molecule has 0 aromatic heterocycles. The van der Waals surface area contributed by atoms with Crippen molar-refractivity contribution >= 4 is 0 Å². The smallest absolute Gasteiger partial charge is 0.191 e. The fraction of sp³-hybridized carbons (Fsp3) is 0.231. The van der Waals surface area contributed by atoms with Crippen LogP contribution in [0.25, 0.3) is 22.5 Å². The summed E-state index contributed by atoms with van der Waals surface area (Å²) in [5.41, 5.74) is 3.31. The number of halogens is 1. The maximum absolute atomic E-state index is 13.7. The average Bonchev–Trinajstić information content (AvgIpc) is 2.74. The molecule has 6 nitrogen and oxygen atoms in total. The number of rotatable bonds is 4. The zero-order valence-electron chi connectivity index (χ0n) is 19.1. The van der Waals surface area contributed by atoms with Crippen LogP contribution < -0.4 is 14.9 Å². The van der Waals surface area contributed by atoms with Crippen LogP contribution in [0.15, 0.2) is 59.7 Å². The molecule has 2 aromatic rings. The molecule has 2 aliphatic rings. The first kappa shape index (κ1) is 22.3. The monoisotopic (exact) mass is 448 g/mol. The summed E-state index contributed by atoms with van der Waals surface area (Å²) in [5, 5.41) is 9.66. The number of pyridine rings is 2. The van der Waals surface area contributed by atoms with Gasteiger partial charge in [-0.05, 0) is 47.7 Å². The Morgan fingerprint density at radius 1 is 1.00 bits per heavy atom. The predicted octanol–water partition coefficient (Wildman–Crippen LogP) is 5.80.